The summed E-state index contributed by atoms with van der Waals surface area (Å²) in [5, 5.41) is 4.55. The van der Waals surface area contributed by atoms with Crippen molar-refractivity contribution in [3.63, 3.8) is 0 Å². The lowest BCUT2D eigenvalue weighted by Gasteiger charge is -1.92. The Bertz CT molecular complexity index is 302. The minimum absolute atomic E-state index is 0.659. The Balaban J connectivity index is 0. The first-order valence-corrected chi connectivity index (χ1v) is 7.71. The molecule has 0 fully saturated rings. The summed E-state index contributed by atoms with van der Waals surface area (Å²) < 4.78 is 10.5. The standard InChI is InChI=1S/C6H11NOS2.C5H7NS/c1-10(8)5-3-2-4-7-6-9;1-2-3-4-6-5-7/h2-5H2,1H3;2H,1,3-4H2. The third-order valence-corrected chi connectivity index (χ3v) is 2.65. The molecule has 0 amide bonds. The molecule has 0 aromatic carbocycles. The van der Waals surface area contributed by atoms with Crippen LogP contribution in [-0.4, -0.2) is 39.6 Å². The van der Waals surface area contributed by atoms with Gasteiger partial charge < -0.3 is 0 Å². The number of unbranched alkanes of at least 4 members (excludes halogenated alkanes) is 1. The summed E-state index contributed by atoms with van der Waals surface area (Å²) in [4.78, 5) is 7.39. The molecule has 0 radical (unpaired) electrons. The molecular weight excluding hydrogens is 272 g/mol. The third kappa shape index (κ3) is 25.6. The van der Waals surface area contributed by atoms with Crippen molar-refractivity contribution >= 4 is 45.6 Å². The van der Waals surface area contributed by atoms with Crippen molar-refractivity contribution in [2.24, 2.45) is 9.98 Å². The molecule has 0 aliphatic carbocycles. The van der Waals surface area contributed by atoms with Gasteiger partial charge in [0.2, 0.25) is 0 Å². The molecule has 6 heteroatoms. The lowest BCUT2D eigenvalue weighted by Crippen LogP contribution is -1.94. The number of aliphatic imine (C=N–C) groups is 2. The van der Waals surface area contributed by atoms with Gasteiger partial charge in [0.05, 0.1) is 16.9 Å². The first-order valence-electron chi connectivity index (χ1n) is 5.17. The van der Waals surface area contributed by atoms with E-state index in [1.807, 2.05) is 0 Å². The van der Waals surface area contributed by atoms with Crippen LogP contribution in [0.1, 0.15) is 19.3 Å². The SMILES string of the molecule is C=CCCN=C=S.CS(=O)CCCCN=C=S. The predicted octanol–water partition coefficient (Wildman–Crippen LogP) is 2.91. The Morgan fingerprint density at radius 1 is 1.24 bits per heavy atom. The number of hydrogen-bond acceptors (Lipinski definition) is 5. The first kappa shape index (κ1) is 18.8. The Morgan fingerprint density at radius 3 is 2.29 bits per heavy atom. The number of isothiocyanates is 2. The van der Waals surface area contributed by atoms with Gasteiger partial charge in [0, 0.05) is 29.4 Å². The first-order chi connectivity index (χ1) is 8.18. The molecule has 0 spiro atoms. The van der Waals surface area contributed by atoms with Gasteiger partial charge in [-0.25, -0.2) is 9.98 Å². The molecule has 1 unspecified atom stereocenters. The molecule has 0 aromatic heterocycles. The molecule has 0 saturated carbocycles. The number of thiocarbonyl (C=S) groups is 2. The maximum absolute atomic E-state index is 10.5. The van der Waals surface area contributed by atoms with Gasteiger partial charge in [-0.3, -0.25) is 4.21 Å². The van der Waals surface area contributed by atoms with E-state index in [0.717, 1.165) is 38.1 Å². The van der Waals surface area contributed by atoms with Crippen molar-refractivity contribution in [3.8, 4) is 0 Å². The molecule has 1 atom stereocenters. The molecule has 0 aliphatic heterocycles. The Morgan fingerprint density at radius 2 is 1.82 bits per heavy atom. The highest BCUT2D eigenvalue weighted by Crippen LogP contribution is 1.90. The van der Waals surface area contributed by atoms with Gasteiger partial charge in [0.15, 0.2) is 0 Å². The van der Waals surface area contributed by atoms with Gasteiger partial charge in [-0.2, -0.15) is 0 Å². The zero-order chi connectivity index (χ0) is 13.4. The second kappa shape index (κ2) is 17.9. The van der Waals surface area contributed by atoms with Crippen molar-refractivity contribution in [1.29, 1.82) is 0 Å². The quantitative estimate of drug-likeness (QED) is 0.299. The van der Waals surface area contributed by atoms with Crippen LogP contribution in [0, 0.1) is 0 Å². The van der Waals surface area contributed by atoms with Crippen LogP contribution in [0.2, 0.25) is 0 Å². The Labute approximate surface area is 117 Å². The van der Waals surface area contributed by atoms with Crippen molar-refractivity contribution in [2.75, 3.05) is 25.1 Å². The van der Waals surface area contributed by atoms with Gasteiger partial charge in [0.1, 0.15) is 0 Å². The molecule has 0 aromatic rings. The normalized spacial score (nSPS) is 9.94. The maximum Gasteiger partial charge on any atom is 0.0585 e. The molecule has 0 bridgehead atoms. The smallest absolute Gasteiger partial charge is 0.0585 e. The van der Waals surface area contributed by atoms with Gasteiger partial charge in [0.25, 0.3) is 0 Å². The van der Waals surface area contributed by atoms with Gasteiger partial charge in [-0.15, -0.1) is 6.58 Å². The summed E-state index contributed by atoms with van der Waals surface area (Å²) in [7, 11) is -0.659. The largest absolute Gasteiger partial charge is 0.260 e. The zero-order valence-electron chi connectivity index (χ0n) is 10.1. The number of nitrogens with zero attached hydrogens (tertiary/aromatic N) is 2. The van der Waals surface area contributed by atoms with E-state index in [0.29, 0.717) is 0 Å². The topological polar surface area (TPSA) is 41.8 Å². The van der Waals surface area contributed by atoms with Crippen LogP contribution in [0.3, 0.4) is 0 Å². The molecule has 96 valence electrons. The van der Waals surface area contributed by atoms with Crippen LogP contribution < -0.4 is 0 Å². The summed E-state index contributed by atoms with van der Waals surface area (Å²) in [6.45, 7) is 4.96. The number of hydrogen-bond donors (Lipinski definition) is 0. The lowest BCUT2D eigenvalue weighted by atomic mass is 10.3. The van der Waals surface area contributed by atoms with Crippen LogP contribution in [0.15, 0.2) is 22.6 Å². The van der Waals surface area contributed by atoms with Crippen LogP contribution in [0.25, 0.3) is 0 Å². The summed E-state index contributed by atoms with van der Waals surface area (Å²) >= 11 is 8.69. The fourth-order valence-corrected chi connectivity index (χ4v) is 1.54. The Kier molecular flexibility index (Phi) is 19.8. The highest BCUT2D eigenvalue weighted by atomic mass is 32.2. The minimum atomic E-state index is -0.659. The van der Waals surface area contributed by atoms with Crippen LogP contribution in [-0.2, 0) is 10.8 Å². The van der Waals surface area contributed by atoms with E-state index in [9.17, 15) is 4.21 Å². The summed E-state index contributed by atoms with van der Waals surface area (Å²) in [6, 6.07) is 0. The molecule has 0 N–H and O–H groups in total. The van der Waals surface area contributed by atoms with E-state index in [2.05, 4.69) is 51.3 Å². The summed E-state index contributed by atoms with van der Waals surface area (Å²) in [5.41, 5.74) is 0. The second-order valence-electron chi connectivity index (χ2n) is 3.01. The molecular formula is C11H18N2OS3. The van der Waals surface area contributed by atoms with Crippen molar-refractivity contribution in [3.05, 3.63) is 12.7 Å². The molecule has 0 aliphatic rings. The van der Waals surface area contributed by atoms with E-state index in [-0.39, 0.29) is 0 Å². The van der Waals surface area contributed by atoms with Crippen LogP contribution >= 0.6 is 24.4 Å². The zero-order valence-corrected chi connectivity index (χ0v) is 12.5. The monoisotopic (exact) mass is 290 g/mol. The average Bonchev–Trinajstić information content (AvgIpc) is 2.30. The lowest BCUT2D eigenvalue weighted by molar-refractivity contribution is 0.682. The third-order valence-electron chi connectivity index (χ3n) is 1.53. The number of rotatable bonds is 8. The van der Waals surface area contributed by atoms with Crippen LogP contribution in [0.4, 0.5) is 0 Å². The van der Waals surface area contributed by atoms with E-state index in [1.54, 1.807) is 12.3 Å². The van der Waals surface area contributed by atoms with Gasteiger partial charge >= 0.3 is 0 Å². The van der Waals surface area contributed by atoms with E-state index < -0.39 is 10.8 Å². The van der Waals surface area contributed by atoms with E-state index >= 15 is 0 Å². The van der Waals surface area contributed by atoms with E-state index in [4.69, 9.17) is 0 Å². The van der Waals surface area contributed by atoms with Gasteiger partial charge in [-0.1, -0.05) is 6.08 Å². The van der Waals surface area contributed by atoms with Crippen molar-refractivity contribution in [2.45, 2.75) is 19.3 Å². The van der Waals surface area contributed by atoms with Crippen molar-refractivity contribution < 1.29 is 4.21 Å². The molecule has 0 rings (SSSR count). The Hall–Kier alpha value is -0.510. The van der Waals surface area contributed by atoms with Crippen LogP contribution in [0.5, 0.6) is 0 Å². The van der Waals surface area contributed by atoms with E-state index in [1.165, 1.54) is 0 Å². The molecule has 3 nitrogen and oxygen atoms in total. The minimum Gasteiger partial charge on any atom is -0.260 e. The summed E-state index contributed by atoms with van der Waals surface area (Å²) in [6.07, 6.45) is 6.33. The fraction of sp³-hybridized carbons (Fsp3) is 0.636. The predicted molar refractivity (Wildman–Crippen MR) is 82.8 cm³/mol. The molecule has 0 saturated heterocycles. The second-order valence-corrected chi connectivity index (χ2v) is 4.93. The van der Waals surface area contributed by atoms with Crippen molar-refractivity contribution in [1.82, 2.24) is 0 Å². The maximum atomic E-state index is 10.5. The molecule has 17 heavy (non-hydrogen) atoms. The fourth-order valence-electron chi connectivity index (χ4n) is 0.743. The average molecular weight is 290 g/mol. The highest BCUT2D eigenvalue weighted by Gasteiger charge is 1.89. The van der Waals surface area contributed by atoms with Gasteiger partial charge in [-0.05, 0) is 43.7 Å². The highest BCUT2D eigenvalue weighted by molar-refractivity contribution is 7.84. The molecule has 0 heterocycles. The summed E-state index contributed by atoms with van der Waals surface area (Å²) in [5.74, 6) is 0.771.